The second-order valence-corrected chi connectivity index (χ2v) is 6.49. The third-order valence-electron chi connectivity index (χ3n) is 4.53. The number of piperazine rings is 1. The number of hydrogen-bond acceptors (Lipinski definition) is 3. The topological polar surface area (TPSA) is 52.7 Å². The zero-order valence-electron chi connectivity index (χ0n) is 14.6. The lowest BCUT2D eigenvalue weighted by molar-refractivity contribution is -0.139. The van der Waals surface area contributed by atoms with Crippen molar-refractivity contribution in [2.45, 2.75) is 6.18 Å². The highest BCUT2D eigenvalue weighted by Gasteiger charge is 2.29. The fourth-order valence-electron chi connectivity index (χ4n) is 3.15. The van der Waals surface area contributed by atoms with E-state index in [4.69, 9.17) is 0 Å². The van der Waals surface area contributed by atoms with E-state index in [0.29, 0.717) is 31.7 Å². The number of nitrogens with one attached hydrogen (secondary N) is 1. The van der Waals surface area contributed by atoms with Crippen LogP contribution in [-0.2, 0) is 4.79 Å². The molecule has 1 fully saturated rings. The second-order valence-electron chi connectivity index (χ2n) is 6.49. The van der Waals surface area contributed by atoms with Crippen molar-refractivity contribution in [2.75, 3.05) is 39.3 Å². The fourth-order valence-corrected chi connectivity index (χ4v) is 3.15. The van der Waals surface area contributed by atoms with Crippen LogP contribution in [0, 0.1) is 0 Å². The highest BCUT2D eigenvalue weighted by Crippen LogP contribution is 2.20. The van der Waals surface area contributed by atoms with Crippen LogP contribution in [0.4, 0.5) is 13.2 Å². The molecule has 2 amide bonds. The van der Waals surface area contributed by atoms with Crippen molar-refractivity contribution in [3.05, 3.63) is 48.0 Å². The summed E-state index contributed by atoms with van der Waals surface area (Å²) in [5, 5.41) is 3.74. The molecule has 2 aromatic carbocycles. The smallest absolute Gasteiger partial charge is 0.346 e. The molecule has 1 heterocycles. The first-order valence-corrected chi connectivity index (χ1v) is 8.66. The molecule has 0 saturated carbocycles. The number of fused-ring (bicyclic) bond motifs is 1. The van der Waals surface area contributed by atoms with Gasteiger partial charge in [0.2, 0.25) is 5.91 Å². The van der Waals surface area contributed by atoms with Crippen LogP contribution >= 0.6 is 0 Å². The van der Waals surface area contributed by atoms with Crippen LogP contribution in [0.2, 0.25) is 0 Å². The van der Waals surface area contributed by atoms with E-state index < -0.39 is 18.6 Å². The molecule has 0 radical (unpaired) electrons. The number of halogens is 3. The molecule has 0 atom stereocenters. The largest absolute Gasteiger partial charge is 0.405 e. The van der Waals surface area contributed by atoms with Crippen LogP contribution in [0.5, 0.6) is 0 Å². The number of rotatable bonds is 4. The summed E-state index contributed by atoms with van der Waals surface area (Å²) in [4.78, 5) is 27.9. The second kappa shape index (κ2) is 7.96. The lowest BCUT2D eigenvalue weighted by Crippen LogP contribution is -2.51. The van der Waals surface area contributed by atoms with E-state index in [1.165, 1.54) is 0 Å². The van der Waals surface area contributed by atoms with Crippen LogP contribution in [0.1, 0.15) is 10.4 Å². The summed E-state index contributed by atoms with van der Waals surface area (Å²) in [6.45, 7) is 0.298. The van der Waals surface area contributed by atoms with Crippen molar-refractivity contribution in [2.24, 2.45) is 0 Å². The van der Waals surface area contributed by atoms with Crippen LogP contribution < -0.4 is 5.32 Å². The Balaban J connectivity index is 1.56. The van der Waals surface area contributed by atoms with Crippen molar-refractivity contribution in [3.8, 4) is 0 Å². The number of benzene rings is 2. The molecular weight excluding hydrogens is 359 g/mol. The highest BCUT2D eigenvalue weighted by molar-refractivity contribution is 6.07. The zero-order valence-corrected chi connectivity index (χ0v) is 14.6. The Hall–Kier alpha value is -2.61. The van der Waals surface area contributed by atoms with E-state index in [1.807, 2.05) is 41.7 Å². The first kappa shape index (κ1) is 19.2. The minimum Gasteiger partial charge on any atom is -0.346 e. The van der Waals surface area contributed by atoms with E-state index in [2.05, 4.69) is 0 Å². The molecule has 3 rings (SSSR count). The Morgan fingerprint density at radius 2 is 1.63 bits per heavy atom. The van der Waals surface area contributed by atoms with E-state index in [1.54, 1.807) is 15.9 Å². The normalized spacial score (nSPS) is 15.7. The number of nitrogens with zero attached hydrogens (tertiary/aromatic N) is 2. The lowest BCUT2D eigenvalue weighted by Gasteiger charge is -2.34. The van der Waals surface area contributed by atoms with Gasteiger partial charge in [0, 0.05) is 31.7 Å². The number of carbonyl (C=O) groups excluding carboxylic acids is 2. The highest BCUT2D eigenvalue weighted by atomic mass is 19.4. The minimum absolute atomic E-state index is 0.0760. The standard InChI is InChI=1S/C19H20F3N3O2/c20-19(21,22)13-23-17(26)12-24-8-10-25(11-9-24)18(27)16-7-3-5-14-4-1-2-6-15(14)16/h1-7H,8-13H2,(H,23,26). The first-order valence-electron chi connectivity index (χ1n) is 8.66. The maximum atomic E-state index is 12.9. The Morgan fingerprint density at radius 3 is 2.33 bits per heavy atom. The van der Waals surface area contributed by atoms with E-state index >= 15 is 0 Å². The molecule has 0 aliphatic carbocycles. The van der Waals surface area contributed by atoms with Gasteiger partial charge in [-0.05, 0) is 16.8 Å². The summed E-state index contributed by atoms with van der Waals surface area (Å²) >= 11 is 0. The molecule has 0 spiro atoms. The monoisotopic (exact) mass is 379 g/mol. The van der Waals surface area contributed by atoms with Crippen LogP contribution in [0.25, 0.3) is 10.8 Å². The van der Waals surface area contributed by atoms with Crippen molar-refractivity contribution in [1.29, 1.82) is 0 Å². The third kappa shape index (κ3) is 4.97. The van der Waals surface area contributed by atoms with Gasteiger partial charge < -0.3 is 10.2 Å². The molecule has 8 heteroatoms. The SMILES string of the molecule is O=C(CN1CCN(C(=O)c2cccc3ccccc23)CC1)NCC(F)(F)F. The molecule has 5 nitrogen and oxygen atoms in total. The molecule has 27 heavy (non-hydrogen) atoms. The first-order chi connectivity index (χ1) is 12.8. The average Bonchev–Trinajstić information content (AvgIpc) is 2.65. The van der Waals surface area contributed by atoms with Crippen molar-refractivity contribution >= 4 is 22.6 Å². The fraction of sp³-hybridized carbons (Fsp3) is 0.368. The van der Waals surface area contributed by atoms with Crippen molar-refractivity contribution < 1.29 is 22.8 Å². The maximum Gasteiger partial charge on any atom is 0.405 e. The van der Waals surface area contributed by atoms with Gasteiger partial charge in [0.15, 0.2) is 0 Å². The summed E-state index contributed by atoms with van der Waals surface area (Å²) < 4.78 is 36.4. The molecule has 144 valence electrons. The molecule has 2 aromatic rings. The van der Waals surface area contributed by atoms with Gasteiger partial charge in [0.1, 0.15) is 6.54 Å². The van der Waals surface area contributed by atoms with Crippen LogP contribution in [0.15, 0.2) is 42.5 Å². The number of carbonyl (C=O) groups is 2. The van der Waals surface area contributed by atoms with Gasteiger partial charge in [-0.25, -0.2) is 0 Å². The summed E-state index contributed by atoms with van der Waals surface area (Å²) in [5.41, 5.74) is 0.629. The Bertz CT molecular complexity index is 825. The third-order valence-corrected chi connectivity index (χ3v) is 4.53. The number of amides is 2. The lowest BCUT2D eigenvalue weighted by atomic mass is 10.0. The molecule has 1 saturated heterocycles. The van der Waals surface area contributed by atoms with Gasteiger partial charge in [-0.1, -0.05) is 36.4 Å². The maximum absolute atomic E-state index is 12.9. The van der Waals surface area contributed by atoms with Gasteiger partial charge in [0.05, 0.1) is 6.54 Å². The predicted molar refractivity (Wildman–Crippen MR) is 95.4 cm³/mol. The Morgan fingerprint density at radius 1 is 0.963 bits per heavy atom. The molecule has 0 bridgehead atoms. The van der Waals surface area contributed by atoms with Gasteiger partial charge in [-0.15, -0.1) is 0 Å². The number of hydrogen-bond donors (Lipinski definition) is 1. The van der Waals surface area contributed by atoms with Crippen molar-refractivity contribution in [3.63, 3.8) is 0 Å². The zero-order chi connectivity index (χ0) is 19.4. The molecule has 0 unspecified atom stereocenters. The molecule has 1 N–H and O–H groups in total. The number of alkyl halides is 3. The molecular formula is C19H20F3N3O2. The average molecular weight is 379 g/mol. The molecule has 1 aliphatic rings. The predicted octanol–water partition coefficient (Wildman–Crippen LogP) is 2.28. The minimum atomic E-state index is -4.42. The van der Waals surface area contributed by atoms with Gasteiger partial charge in [-0.2, -0.15) is 13.2 Å². The van der Waals surface area contributed by atoms with Gasteiger partial charge in [0.25, 0.3) is 5.91 Å². The van der Waals surface area contributed by atoms with Gasteiger partial charge >= 0.3 is 6.18 Å². The summed E-state index contributed by atoms with van der Waals surface area (Å²) in [6.07, 6.45) is -4.42. The van der Waals surface area contributed by atoms with Crippen molar-refractivity contribution in [1.82, 2.24) is 15.1 Å². The summed E-state index contributed by atoms with van der Waals surface area (Å²) in [5.74, 6) is -0.742. The van der Waals surface area contributed by atoms with E-state index in [-0.39, 0.29) is 12.5 Å². The van der Waals surface area contributed by atoms with Crippen LogP contribution in [-0.4, -0.2) is 67.1 Å². The van der Waals surface area contributed by atoms with E-state index in [9.17, 15) is 22.8 Å². The Kier molecular flexibility index (Phi) is 5.65. The molecule has 0 aromatic heterocycles. The Labute approximate surface area is 154 Å². The van der Waals surface area contributed by atoms with Gasteiger partial charge in [-0.3, -0.25) is 14.5 Å². The quantitative estimate of drug-likeness (QED) is 0.887. The summed E-state index contributed by atoms with van der Waals surface area (Å²) in [7, 11) is 0. The van der Waals surface area contributed by atoms with Crippen LogP contribution in [0.3, 0.4) is 0 Å². The summed E-state index contributed by atoms with van der Waals surface area (Å²) in [6, 6.07) is 13.2. The molecule has 1 aliphatic heterocycles. The van der Waals surface area contributed by atoms with E-state index in [0.717, 1.165) is 10.8 Å².